The molecule has 1 aliphatic rings. The lowest BCUT2D eigenvalue weighted by atomic mass is 10.0. The van der Waals surface area contributed by atoms with Crippen molar-refractivity contribution in [2.45, 2.75) is 26.6 Å². The highest BCUT2D eigenvalue weighted by Gasteiger charge is 2.32. The molecule has 0 bridgehead atoms. The van der Waals surface area contributed by atoms with Gasteiger partial charge in [-0.05, 0) is 61.4 Å². The third-order valence-corrected chi connectivity index (χ3v) is 6.16. The van der Waals surface area contributed by atoms with Crippen molar-refractivity contribution in [3.05, 3.63) is 119 Å². The third-order valence-electron chi connectivity index (χ3n) is 6.16. The van der Waals surface area contributed by atoms with E-state index >= 15 is 0 Å². The minimum absolute atomic E-state index is 0.0574. The van der Waals surface area contributed by atoms with Gasteiger partial charge in [0.2, 0.25) is 0 Å². The summed E-state index contributed by atoms with van der Waals surface area (Å²) in [6.07, 6.45) is 6.03. The predicted molar refractivity (Wildman–Crippen MR) is 145 cm³/mol. The molecular formula is C30H24F3N3O3. The van der Waals surface area contributed by atoms with Crippen molar-refractivity contribution >= 4 is 34.2 Å². The van der Waals surface area contributed by atoms with Gasteiger partial charge in [-0.25, -0.2) is 9.79 Å². The Bertz CT molecular complexity index is 1630. The molecule has 39 heavy (non-hydrogen) atoms. The molecule has 0 fully saturated rings. The van der Waals surface area contributed by atoms with Crippen LogP contribution in [0.3, 0.4) is 0 Å². The van der Waals surface area contributed by atoms with E-state index in [0.29, 0.717) is 22.5 Å². The van der Waals surface area contributed by atoms with Crippen molar-refractivity contribution in [3.63, 3.8) is 0 Å². The highest BCUT2D eigenvalue weighted by molar-refractivity contribution is 6.14. The minimum Gasteiger partial charge on any atom is -0.478 e. The normalized spacial score (nSPS) is 15.4. The van der Waals surface area contributed by atoms with E-state index in [-0.39, 0.29) is 28.8 Å². The summed E-state index contributed by atoms with van der Waals surface area (Å²) in [6.45, 7) is 7.49. The fraction of sp³-hybridized carbons (Fsp3) is 0.133. The van der Waals surface area contributed by atoms with Gasteiger partial charge in [-0.1, -0.05) is 43.0 Å². The minimum atomic E-state index is -4.67. The average Bonchev–Trinajstić information content (AvgIpc) is 3.31. The first-order chi connectivity index (χ1) is 18.5. The number of hydrogen-bond donors (Lipinski definition) is 1. The number of aromatic nitrogens is 1. The number of halogens is 3. The van der Waals surface area contributed by atoms with E-state index in [1.165, 1.54) is 37.3 Å². The number of hydrogen-bond acceptors (Lipinski definition) is 3. The standard InChI is InChI=1S/C30H24F3N3O3/c1-4-24(35-26-8-6-5-7-18(26)2)17-36-14-13-22-15-23(30(31,32)33)16-25(27(22)36)28(37)34-19(3)20-9-11-21(12-10-20)29(38)39/h4-16H,2,17H2,1,3H3,(H,38,39)/b24-4-,34-19?,35-26?. The second kappa shape index (κ2) is 10.9. The molecule has 4 rings (SSSR count). The number of amides is 1. The van der Waals surface area contributed by atoms with Crippen LogP contribution in [0.25, 0.3) is 10.9 Å². The maximum Gasteiger partial charge on any atom is 0.416 e. The number of benzene rings is 2. The van der Waals surface area contributed by atoms with Crippen molar-refractivity contribution in [1.29, 1.82) is 0 Å². The van der Waals surface area contributed by atoms with Gasteiger partial charge >= 0.3 is 12.1 Å². The van der Waals surface area contributed by atoms with Gasteiger partial charge in [-0.15, -0.1) is 0 Å². The number of fused-ring (bicyclic) bond motifs is 1. The summed E-state index contributed by atoms with van der Waals surface area (Å²) in [5.41, 5.74) is 1.89. The van der Waals surface area contributed by atoms with Crippen molar-refractivity contribution in [2.75, 3.05) is 0 Å². The van der Waals surface area contributed by atoms with Crippen molar-refractivity contribution in [3.8, 4) is 0 Å². The van der Waals surface area contributed by atoms with Crippen LogP contribution in [0.1, 0.15) is 45.7 Å². The zero-order valence-corrected chi connectivity index (χ0v) is 21.2. The topological polar surface area (TPSA) is 84.0 Å². The summed E-state index contributed by atoms with van der Waals surface area (Å²) in [5, 5.41) is 9.33. The Hall–Kier alpha value is -4.79. The number of allylic oxidation sites excluding steroid dienone is 7. The van der Waals surface area contributed by atoms with Gasteiger partial charge in [0, 0.05) is 17.3 Å². The Morgan fingerprint density at radius 1 is 1.05 bits per heavy atom. The molecular weight excluding hydrogens is 507 g/mol. The Balaban J connectivity index is 1.77. The number of carboxylic acid groups (broad SMARTS) is 1. The molecule has 1 aromatic heterocycles. The summed E-state index contributed by atoms with van der Waals surface area (Å²) in [4.78, 5) is 33.2. The van der Waals surface area contributed by atoms with Gasteiger partial charge in [0.25, 0.3) is 5.91 Å². The molecule has 0 unspecified atom stereocenters. The lowest BCUT2D eigenvalue weighted by Gasteiger charge is -2.13. The number of aromatic carboxylic acids is 1. The lowest BCUT2D eigenvalue weighted by molar-refractivity contribution is -0.137. The van der Waals surface area contributed by atoms with Crippen molar-refractivity contribution < 1.29 is 27.9 Å². The van der Waals surface area contributed by atoms with Gasteiger partial charge in [0.1, 0.15) is 0 Å². The highest BCUT2D eigenvalue weighted by Crippen LogP contribution is 2.34. The molecule has 0 radical (unpaired) electrons. The smallest absolute Gasteiger partial charge is 0.416 e. The van der Waals surface area contributed by atoms with Crippen LogP contribution < -0.4 is 0 Å². The van der Waals surface area contributed by atoms with Crippen LogP contribution in [0, 0.1) is 0 Å². The predicted octanol–water partition coefficient (Wildman–Crippen LogP) is 7.03. The Morgan fingerprint density at radius 2 is 1.72 bits per heavy atom. The first-order valence-electron chi connectivity index (χ1n) is 11.9. The SMILES string of the molecule is C=C1C=CC=CC1=N/C(=C\C)Cn1ccc2cc(C(F)(F)F)cc(C(=O)N=C(C)c3ccc(C(=O)O)cc3)c21. The molecule has 1 heterocycles. The summed E-state index contributed by atoms with van der Waals surface area (Å²) in [5.74, 6) is -1.96. The van der Waals surface area contributed by atoms with E-state index in [4.69, 9.17) is 5.11 Å². The van der Waals surface area contributed by atoms with Crippen LogP contribution in [-0.2, 0) is 12.7 Å². The van der Waals surface area contributed by atoms with E-state index in [1.807, 2.05) is 24.3 Å². The molecule has 0 saturated heterocycles. The van der Waals surface area contributed by atoms with Crippen LogP contribution in [0.15, 0.2) is 107 Å². The number of rotatable bonds is 6. The lowest BCUT2D eigenvalue weighted by Crippen LogP contribution is -2.11. The van der Waals surface area contributed by atoms with Gasteiger partial charge in [0.15, 0.2) is 0 Å². The first kappa shape index (κ1) is 27.3. The number of carbonyl (C=O) groups excluding carboxylic acids is 1. The van der Waals surface area contributed by atoms with Gasteiger partial charge < -0.3 is 9.67 Å². The van der Waals surface area contributed by atoms with Gasteiger partial charge in [-0.2, -0.15) is 13.2 Å². The quantitative estimate of drug-likeness (QED) is 0.347. The number of carbonyl (C=O) groups is 2. The maximum absolute atomic E-state index is 13.7. The van der Waals surface area contributed by atoms with Crippen molar-refractivity contribution in [2.24, 2.45) is 9.98 Å². The average molecular weight is 532 g/mol. The molecule has 0 saturated carbocycles. The van der Waals surface area contributed by atoms with E-state index in [0.717, 1.165) is 17.7 Å². The molecule has 1 N–H and O–H groups in total. The fourth-order valence-corrected chi connectivity index (χ4v) is 4.08. The molecule has 9 heteroatoms. The first-order valence-corrected chi connectivity index (χ1v) is 11.9. The zero-order valence-electron chi connectivity index (χ0n) is 21.2. The molecule has 2 aromatic carbocycles. The van der Waals surface area contributed by atoms with Crippen LogP contribution in [0.4, 0.5) is 13.2 Å². The Morgan fingerprint density at radius 3 is 2.33 bits per heavy atom. The van der Waals surface area contributed by atoms with Crippen LogP contribution in [0.2, 0.25) is 0 Å². The molecule has 3 aromatic rings. The molecule has 198 valence electrons. The monoisotopic (exact) mass is 531 g/mol. The Labute approximate surface area is 222 Å². The largest absolute Gasteiger partial charge is 0.478 e. The zero-order chi connectivity index (χ0) is 28.3. The summed E-state index contributed by atoms with van der Waals surface area (Å²) >= 11 is 0. The Kier molecular flexibility index (Phi) is 7.62. The summed E-state index contributed by atoms with van der Waals surface area (Å²) in [7, 11) is 0. The molecule has 1 aliphatic carbocycles. The van der Waals surface area contributed by atoms with Gasteiger partial charge in [0.05, 0.1) is 40.2 Å². The van der Waals surface area contributed by atoms with Crippen LogP contribution >= 0.6 is 0 Å². The number of alkyl halides is 3. The van der Waals surface area contributed by atoms with Gasteiger partial charge in [-0.3, -0.25) is 9.79 Å². The summed E-state index contributed by atoms with van der Waals surface area (Å²) < 4.78 is 42.8. The van der Waals surface area contributed by atoms with E-state index < -0.39 is 23.6 Å². The second-order valence-corrected chi connectivity index (χ2v) is 8.81. The molecule has 0 aliphatic heterocycles. The van der Waals surface area contributed by atoms with Crippen LogP contribution in [0.5, 0.6) is 0 Å². The van der Waals surface area contributed by atoms with E-state index in [1.54, 1.807) is 23.8 Å². The molecule has 1 amide bonds. The van der Waals surface area contributed by atoms with E-state index in [9.17, 15) is 22.8 Å². The number of carboxylic acids is 1. The molecule has 0 spiro atoms. The number of aliphatic imine (C=N–C) groups is 2. The van der Waals surface area contributed by atoms with Crippen LogP contribution in [-0.4, -0.2) is 33.0 Å². The third kappa shape index (κ3) is 6.04. The maximum atomic E-state index is 13.7. The van der Waals surface area contributed by atoms with Crippen molar-refractivity contribution in [1.82, 2.24) is 4.57 Å². The van der Waals surface area contributed by atoms with E-state index in [2.05, 4.69) is 16.6 Å². The number of nitrogens with zero attached hydrogens (tertiary/aromatic N) is 3. The highest BCUT2D eigenvalue weighted by atomic mass is 19.4. The molecule has 0 atom stereocenters. The molecule has 6 nitrogen and oxygen atoms in total. The second-order valence-electron chi connectivity index (χ2n) is 8.81. The fourth-order valence-electron chi connectivity index (χ4n) is 4.08. The summed E-state index contributed by atoms with van der Waals surface area (Å²) in [6, 6.07) is 9.03.